The predicted molar refractivity (Wildman–Crippen MR) is 57.6 cm³/mol. The average Bonchev–Trinajstić information content (AvgIpc) is 2.55. The molecule has 0 radical (unpaired) electrons. The minimum atomic E-state index is -0.423. The number of methoxy groups -OCH3 is 1. The molecule has 1 aromatic rings. The third-order valence-electron chi connectivity index (χ3n) is 2.26. The summed E-state index contributed by atoms with van der Waals surface area (Å²) in [6.07, 6.45) is 1.61. The molecule has 0 fully saturated rings. The third kappa shape index (κ3) is 2.11. The third-order valence-corrected chi connectivity index (χ3v) is 2.26. The number of nitrogens with zero attached hydrogens (tertiary/aromatic N) is 2. The zero-order valence-corrected chi connectivity index (χ0v) is 9.41. The quantitative estimate of drug-likeness (QED) is 0.760. The number of aromatic nitrogens is 2. The van der Waals surface area contributed by atoms with Gasteiger partial charge < -0.3 is 10.5 Å². The van der Waals surface area contributed by atoms with E-state index in [2.05, 4.69) is 9.84 Å². The minimum Gasteiger partial charge on any atom is -0.464 e. The Bertz CT molecular complexity index is 358. The van der Waals surface area contributed by atoms with Gasteiger partial charge in [-0.1, -0.05) is 13.8 Å². The maximum Gasteiger partial charge on any atom is 0.358 e. The van der Waals surface area contributed by atoms with Crippen molar-refractivity contribution in [1.82, 2.24) is 9.78 Å². The molecule has 5 heteroatoms. The maximum atomic E-state index is 11.4. The number of carbonyl (C=O) groups is 1. The van der Waals surface area contributed by atoms with Gasteiger partial charge in [-0.05, 0) is 12.8 Å². The predicted octanol–water partition coefficient (Wildman–Crippen LogP) is 1.22. The van der Waals surface area contributed by atoms with Crippen molar-refractivity contribution in [3.8, 4) is 0 Å². The fourth-order valence-electron chi connectivity index (χ4n) is 1.50. The Balaban J connectivity index is 3.15. The van der Waals surface area contributed by atoms with Gasteiger partial charge in [0.1, 0.15) is 5.82 Å². The zero-order valence-electron chi connectivity index (χ0n) is 9.41. The molecule has 1 heterocycles. The lowest BCUT2D eigenvalue weighted by Crippen LogP contribution is -2.06. The molecule has 0 aromatic carbocycles. The van der Waals surface area contributed by atoms with Crippen LogP contribution in [-0.2, 0) is 17.7 Å². The summed E-state index contributed by atoms with van der Waals surface area (Å²) in [5, 5.41) is 4.16. The highest BCUT2D eigenvalue weighted by Crippen LogP contribution is 2.18. The van der Waals surface area contributed by atoms with Gasteiger partial charge in [0.15, 0.2) is 5.69 Å². The topological polar surface area (TPSA) is 70.1 Å². The SMILES string of the molecule is CCCn1nc(C(=O)OC)c(CC)c1N. The summed E-state index contributed by atoms with van der Waals surface area (Å²) in [7, 11) is 1.34. The molecule has 0 spiro atoms. The van der Waals surface area contributed by atoms with Crippen LogP contribution in [0.25, 0.3) is 0 Å². The van der Waals surface area contributed by atoms with Crippen LogP contribution in [0.5, 0.6) is 0 Å². The first-order chi connectivity index (χ1) is 7.15. The number of hydrogen-bond acceptors (Lipinski definition) is 4. The molecule has 84 valence electrons. The van der Waals surface area contributed by atoms with Crippen molar-refractivity contribution >= 4 is 11.8 Å². The number of nitrogens with two attached hydrogens (primary N) is 1. The van der Waals surface area contributed by atoms with E-state index in [1.807, 2.05) is 13.8 Å². The van der Waals surface area contributed by atoms with Crippen LogP contribution in [0.4, 0.5) is 5.82 Å². The van der Waals surface area contributed by atoms with Crippen molar-refractivity contribution in [1.29, 1.82) is 0 Å². The first kappa shape index (κ1) is 11.6. The molecule has 0 unspecified atom stereocenters. The van der Waals surface area contributed by atoms with Gasteiger partial charge in [-0.15, -0.1) is 0 Å². The molecule has 0 saturated heterocycles. The van der Waals surface area contributed by atoms with E-state index in [-0.39, 0.29) is 0 Å². The van der Waals surface area contributed by atoms with Crippen LogP contribution < -0.4 is 5.73 Å². The van der Waals surface area contributed by atoms with E-state index in [0.29, 0.717) is 17.9 Å². The lowest BCUT2D eigenvalue weighted by Gasteiger charge is -2.00. The Labute approximate surface area is 89.2 Å². The molecular formula is C10H17N3O2. The lowest BCUT2D eigenvalue weighted by molar-refractivity contribution is 0.0591. The Morgan fingerprint density at radius 2 is 2.20 bits per heavy atom. The summed E-state index contributed by atoms with van der Waals surface area (Å²) in [6, 6.07) is 0. The van der Waals surface area contributed by atoms with Crippen LogP contribution in [0.3, 0.4) is 0 Å². The number of nitrogen functional groups attached to an aromatic ring is 1. The van der Waals surface area contributed by atoms with Gasteiger partial charge in [0, 0.05) is 12.1 Å². The van der Waals surface area contributed by atoms with E-state index in [9.17, 15) is 4.79 Å². The van der Waals surface area contributed by atoms with Crippen molar-refractivity contribution in [2.75, 3.05) is 12.8 Å². The largest absolute Gasteiger partial charge is 0.464 e. The number of esters is 1. The summed E-state index contributed by atoms with van der Waals surface area (Å²) in [6.45, 7) is 4.69. The normalized spacial score (nSPS) is 10.3. The molecule has 0 atom stereocenters. The van der Waals surface area contributed by atoms with Crippen LogP contribution in [0.2, 0.25) is 0 Å². The highest BCUT2D eigenvalue weighted by atomic mass is 16.5. The summed E-state index contributed by atoms with van der Waals surface area (Å²) < 4.78 is 6.31. The molecule has 0 aliphatic rings. The number of ether oxygens (including phenoxy) is 1. The van der Waals surface area contributed by atoms with Crippen LogP contribution >= 0.6 is 0 Å². The molecule has 0 aliphatic carbocycles. The van der Waals surface area contributed by atoms with Crippen LogP contribution in [0.1, 0.15) is 36.3 Å². The van der Waals surface area contributed by atoms with E-state index >= 15 is 0 Å². The molecule has 15 heavy (non-hydrogen) atoms. The van der Waals surface area contributed by atoms with Crippen LogP contribution in [0.15, 0.2) is 0 Å². The number of hydrogen-bond donors (Lipinski definition) is 1. The summed E-state index contributed by atoms with van der Waals surface area (Å²) >= 11 is 0. The van der Waals surface area contributed by atoms with Crippen molar-refractivity contribution < 1.29 is 9.53 Å². The zero-order chi connectivity index (χ0) is 11.4. The second kappa shape index (κ2) is 4.82. The van der Waals surface area contributed by atoms with Gasteiger partial charge in [-0.2, -0.15) is 5.10 Å². The fraction of sp³-hybridized carbons (Fsp3) is 0.600. The monoisotopic (exact) mass is 211 g/mol. The van der Waals surface area contributed by atoms with Crippen LogP contribution in [-0.4, -0.2) is 22.9 Å². The summed E-state index contributed by atoms with van der Waals surface area (Å²) in [5.41, 5.74) is 7.00. The molecule has 0 saturated carbocycles. The van der Waals surface area contributed by atoms with E-state index in [0.717, 1.165) is 18.5 Å². The van der Waals surface area contributed by atoms with Crippen LogP contribution in [0, 0.1) is 0 Å². The van der Waals surface area contributed by atoms with Gasteiger partial charge >= 0.3 is 5.97 Å². The summed E-state index contributed by atoms with van der Waals surface area (Å²) in [4.78, 5) is 11.4. The van der Waals surface area contributed by atoms with Crippen molar-refractivity contribution in [2.45, 2.75) is 33.2 Å². The molecule has 0 aliphatic heterocycles. The number of aryl methyl sites for hydroxylation is 1. The summed E-state index contributed by atoms with van der Waals surface area (Å²) in [5.74, 6) is 0.146. The lowest BCUT2D eigenvalue weighted by atomic mass is 10.2. The van der Waals surface area contributed by atoms with Gasteiger partial charge in [0.2, 0.25) is 0 Å². The van der Waals surface area contributed by atoms with E-state index in [1.54, 1.807) is 4.68 Å². The minimum absolute atomic E-state index is 0.339. The highest BCUT2D eigenvalue weighted by Gasteiger charge is 2.20. The average molecular weight is 211 g/mol. The standard InChI is InChI=1S/C10H17N3O2/c1-4-6-13-9(11)7(5-2)8(12-13)10(14)15-3/h4-6,11H2,1-3H3. The number of anilines is 1. The highest BCUT2D eigenvalue weighted by molar-refractivity contribution is 5.90. The first-order valence-electron chi connectivity index (χ1n) is 5.09. The van der Waals surface area contributed by atoms with Crippen molar-refractivity contribution in [2.24, 2.45) is 0 Å². The van der Waals surface area contributed by atoms with E-state index in [4.69, 9.17) is 5.73 Å². The van der Waals surface area contributed by atoms with Gasteiger partial charge in [-0.3, -0.25) is 0 Å². The molecule has 1 aromatic heterocycles. The Morgan fingerprint density at radius 3 is 2.67 bits per heavy atom. The molecular weight excluding hydrogens is 194 g/mol. The van der Waals surface area contributed by atoms with Crippen molar-refractivity contribution in [3.05, 3.63) is 11.3 Å². The maximum absolute atomic E-state index is 11.4. The first-order valence-corrected chi connectivity index (χ1v) is 5.09. The van der Waals surface area contributed by atoms with Crippen molar-refractivity contribution in [3.63, 3.8) is 0 Å². The number of carbonyl (C=O) groups excluding carboxylic acids is 1. The molecule has 2 N–H and O–H groups in total. The fourth-order valence-corrected chi connectivity index (χ4v) is 1.50. The second-order valence-electron chi connectivity index (χ2n) is 3.28. The molecule has 0 bridgehead atoms. The second-order valence-corrected chi connectivity index (χ2v) is 3.28. The molecule has 0 amide bonds. The molecule has 5 nitrogen and oxygen atoms in total. The number of rotatable bonds is 4. The van der Waals surface area contributed by atoms with Gasteiger partial charge in [-0.25, -0.2) is 9.48 Å². The van der Waals surface area contributed by atoms with E-state index in [1.165, 1.54) is 7.11 Å². The Kier molecular flexibility index (Phi) is 3.71. The van der Waals surface area contributed by atoms with E-state index < -0.39 is 5.97 Å². The Hall–Kier alpha value is -1.52. The smallest absolute Gasteiger partial charge is 0.358 e. The molecule has 1 rings (SSSR count). The van der Waals surface area contributed by atoms with Gasteiger partial charge in [0.25, 0.3) is 0 Å². The van der Waals surface area contributed by atoms with Gasteiger partial charge in [0.05, 0.1) is 7.11 Å². The Morgan fingerprint density at radius 1 is 1.53 bits per heavy atom.